The van der Waals surface area contributed by atoms with E-state index in [0.717, 1.165) is 7.11 Å². The summed E-state index contributed by atoms with van der Waals surface area (Å²) in [5.41, 5.74) is -1.51. The van der Waals surface area contributed by atoms with Gasteiger partial charge in [-0.25, -0.2) is 4.79 Å². The van der Waals surface area contributed by atoms with Crippen LogP contribution in [0.25, 0.3) is 0 Å². The van der Waals surface area contributed by atoms with Gasteiger partial charge in [0.2, 0.25) is 5.75 Å². The lowest BCUT2D eigenvalue weighted by Gasteiger charge is -2.10. The summed E-state index contributed by atoms with van der Waals surface area (Å²) < 4.78 is 4.23. The number of carbonyl (C=O) groups is 1. The molecule has 0 aliphatic carbocycles. The topological polar surface area (TPSA) is 131 Å². The van der Waals surface area contributed by atoms with Crippen LogP contribution in [0.15, 0.2) is 0 Å². The Balaban J connectivity index is 3.70. The van der Waals surface area contributed by atoms with Crippen molar-refractivity contribution in [2.75, 3.05) is 7.11 Å². The lowest BCUT2D eigenvalue weighted by atomic mass is 10.1. The van der Waals surface area contributed by atoms with E-state index in [1.807, 2.05) is 0 Å². The highest BCUT2D eigenvalue weighted by Gasteiger charge is 2.28. The average molecular weight is 225 g/mol. The predicted molar refractivity (Wildman–Crippen MR) is 49.2 cm³/mol. The summed E-state index contributed by atoms with van der Waals surface area (Å²) in [7, 11) is 0.983. The molecule has 0 spiro atoms. The van der Waals surface area contributed by atoms with Gasteiger partial charge in [0.05, 0.1) is 7.11 Å². The van der Waals surface area contributed by atoms with Gasteiger partial charge in [0, 0.05) is 0 Å². The van der Waals surface area contributed by atoms with Crippen LogP contribution in [0.5, 0.6) is 23.0 Å². The van der Waals surface area contributed by atoms with E-state index >= 15 is 0 Å². The molecule has 16 heavy (non-hydrogen) atoms. The molecule has 7 heteroatoms. The minimum Gasteiger partial charge on any atom is -0.505 e. The van der Waals surface area contributed by atoms with E-state index in [4.69, 9.17) is 5.26 Å². The van der Waals surface area contributed by atoms with Gasteiger partial charge in [-0.1, -0.05) is 0 Å². The highest BCUT2D eigenvalue weighted by molar-refractivity contribution is 5.98. The van der Waals surface area contributed by atoms with Crippen molar-refractivity contribution in [2.24, 2.45) is 0 Å². The third-order valence-electron chi connectivity index (χ3n) is 1.90. The Morgan fingerprint density at radius 1 is 1.12 bits per heavy atom. The third kappa shape index (κ3) is 1.42. The fraction of sp³-hybridized carbons (Fsp3) is 0.111. The number of carbonyl (C=O) groups excluding carboxylic acids is 1. The number of nitriles is 1. The van der Waals surface area contributed by atoms with E-state index in [1.165, 1.54) is 6.07 Å². The molecule has 0 heterocycles. The summed E-state index contributed by atoms with van der Waals surface area (Å²) >= 11 is 0. The van der Waals surface area contributed by atoms with E-state index in [1.54, 1.807) is 0 Å². The van der Waals surface area contributed by atoms with E-state index in [0.29, 0.717) is 0 Å². The number of hydrogen-bond acceptors (Lipinski definition) is 7. The predicted octanol–water partition coefficient (Wildman–Crippen LogP) is 0.167. The lowest BCUT2D eigenvalue weighted by molar-refractivity contribution is 0.0593. The number of phenols is 4. The highest BCUT2D eigenvalue weighted by atomic mass is 16.5. The van der Waals surface area contributed by atoms with Crippen molar-refractivity contribution >= 4 is 5.97 Å². The molecule has 0 fully saturated rings. The molecule has 0 saturated heterocycles. The quantitative estimate of drug-likeness (QED) is 0.304. The van der Waals surface area contributed by atoms with Gasteiger partial charge in [-0.2, -0.15) is 5.26 Å². The molecule has 0 aliphatic heterocycles. The molecule has 0 unspecified atom stereocenters. The first-order chi connectivity index (χ1) is 7.45. The number of rotatable bonds is 1. The lowest BCUT2D eigenvalue weighted by Crippen LogP contribution is -2.03. The normalized spacial score (nSPS) is 9.50. The molecular formula is C9H7NO6. The van der Waals surface area contributed by atoms with Crippen LogP contribution in [0.2, 0.25) is 0 Å². The first kappa shape index (κ1) is 11.5. The molecule has 0 saturated carbocycles. The molecule has 7 nitrogen and oxygen atoms in total. The summed E-state index contributed by atoms with van der Waals surface area (Å²) in [6, 6.07) is 1.37. The van der Waals surface area contributed by atoms with Crippen LogP contribution in [0, 0.1) is 11.3 Å². The summed E-state index contributed by atoms with van der Waals surface area (Å²) in [5, 5.41) is 45.7. The number of phenolic OH excluding ortho intramolecular Hbond substituents is 4. The summed E-state index contributed by atoms with van der Waals surface area (Å²) in [4.78, 5) is 11.1. The monoisotopic (exact) mass is 225 g/mol. The molecule has 0 bridgehead atoms. The molecule has 0 atom stereocenters. The fourth-order valence-corrected chi connectivity index (χ4v) is 1.10. The van der Waals surface area contributed by atoms with Gasteiger partial charge in [-0.15, -0.1) is 0 Å². The van der Waals surface area contributed by atoms with E-state index in [9.17, 15) is 25.2 Å². The molecule has 84 valence electrons. The van der Waals surface area contributed by atoms with E-state index in [2.05, 4.69) is 4.74 Å². The largest absolute Gasteiger partial charge is 0.505 e. The minimum atomic E-state index is -1.15. The molecule has 1 aromatic rings. The molecule has 1 aromatic carbocycles. The number of nitrogens with zero attached hydrogens (tertiary/aromatic N) is 1. The second kappa shape index (κ2) is 3.86. The zero-order chi connectivity index (χ0) is 12.5. The van der Waals surface area contributed by atoms with Gasteiger partial charge < -0.3 is 25.2 Å². The Hall–Kier alpha value is -2.62. The molecule has 0 amide bonds. The Labute approximate surface area is 89.4 Å². The standard InChI is InChI=1S/C9H7NO6/c1-16-9(15)4-5(11)3(2-10)6(12)8(14)7(4)13/h11-14H,1H3. The van der Waals surface area contributed by atoms with Crippen molar-refractivity contribution in [3.63, 3.8) is 0 Å². The average Bonchev–Trinajstić information content (AvgIpc) is 2.27. The van der Waals surface area contributed by atoms with Gasteiger partial charge in [0.25, 0.3) is 0 Å². The smallest absolute Gasteiger partial charge is 0.345 e. The molecule has 0 radical (unpaired) electrons. The van der Waals surface area contributed by atoms with Crippen LogP contribution in [0.3, 0.4) is 0 Å². The zero-order valence-electron chi connectivity index (χ0n) is 8.05. The van der Waals surface area contributed by atoms with Gasteiger partial charge in [0.1, 0.15) is 17.2 Å². The Bertz CT molecular complexity index is 502. The molecular weight excluding hydrogens is 218 g/mol. The van der Waals surface area contributed by atoms with Crippen molar-refractivity contribution in [1.29, 1.82) is 5.26 Å². The number of aromatic hydroxyl groups is 4. The Morgan fingerprint density at radius 2 is 1.69 bits per heavy atom. The molecule has 1 rings (SSSR count). The van der Waals surface area contributed by atoms with E-state index < -0.39 is 40.1 Å². The van der Waals surface area contributed by atoms with Crippen LogP contribution >= 0.6 is 0 Å². The van der Waals surface area contributed by atoms with Crippen molar-refractivity contribution in [1.82, 2.24) is 0 Å². The zero-order valence-corrected chi connectivity index (χ0v) is 8.05. The van der Waals surface area contributed by atoms with Gasteiger partial charge >= 0.3 is 5.97 Å². The summed E-state index contributed by atoms with van der Waals surface area (Å²) in [5.74, 6) is -5.25. The number of methoxy groups -OCH3 is 1. The second-order valence-electron chi connectivity index (χ2n) is 2.75. The van der Waals surface area contributed by atoms with E-state index in [-0.39, 0.29) is 0 Å². The fourth-order valence-electron chi connectivity index (χ4n) is 1.10. The highest BCUT2D eigenvalue weighted by Crippen LogP contribution is 2.46. The van der Waals surface area contributed by atoms with Crippen LogP contribution in [-0.4, -0.2) is 33.5 Å². The molecule has 4 N–H and O–H groups in total. The van der Waals surface area contributed by atoms with Crippen molar-refractivity contribution < 1.29 is 30.0 Å². The Kier molecular flexibility index (Phi) is 2.76. The molecule has 0 aliphatic rings. The van der Waals surface area contributed by atoms with Crippen molar-refractivity contribution in [3.8, 4) is 29.1 Å². The molecule has 0 aromatic heterocycles. The van der Waals surface area contributed by atoms with Crippen LogP contribution in [0.4, 0.5) is 0 Å². The summed E-state index contributed by atoms with van der Waals surface area (Å²) in [6.45, 7) is 0. The van der Waals surface area contributed by atoms with Crippen molar-refractivity contribution in [3.05, 3.63) is 11.1 Å². The first-order valence-corrected chi connectivity index (χ1v) is 3.93. The Morgan fingerprint density at radius 3 is 2.12 bits per heavy atom. The van der Waals surface area contributed by atoms with Crippen molar-refractivity contribution in [2.45, 2.75) is 0 Å². The number of hydrogen-bond donors (Lipinski definition) is 4. The number of esters is 1. The maximum absolute atomic E-state index is 11.1. The maximum atomic E-state index is 11.1. The van der Waals surface area contributed by atoms with Gasteiger partial charge in [0.15, 0.2) is 17.2 Å². The number of benzene rings is 1. The number of ether oxygens (including phenoxy) is 1. The van der Waals surface area contributed by atoms with Crippen LogP contribution in [-0.2, 0) is 4.74 Å². The minimum absolute atomic E-state index is 0.726. The third-order valence-corrected chi connectivity index (χ3v) is 1.90. The second-order valence-corrected chi connectivity index (χ2v) is 2.75. The maximum Gasteiger partial charge on any atom is 0.345 e. The van der Waals surface area contributed by atoms with Crippen LogP contribution in [0.1, 0.15) is 15.9 Å². The van der Waals surface area contributed by atoms with Gasteiger partial charge in [-0.05, 0) is 0 Å². The van der Waals surface area contributed by atoms with Crippen LogP contribution < -0.4 is 0 Å². The summed E-state index contributed by atoms with van der Waals surface area (Å²) in [6.07, 6.45) is 0. The first-order valence-electron chi connectivity index (χ1n) is 3.93. The SMILES string of the molecule is COC(=O)c1c(O)c(O)c(O)c(C#N)c1O. The van der Waals surface area contributed by atoms with Gasteiger partial charge in [-0.3, -0.25) is 0 Å².